The molecule has 0 spiro atoms. The third-order valence-corrected chi connectivity index (χ3v) is 2.47. The van der Waals surface area contributed by atoms with Gasteiger partial charge in [0.2, 0.25) is 0 Å². The molecule has 0 bridgehead atoms. The van der Waals surface area contributed by atoms with Crippen LogP contribution in [-0.4, -0.2) is 21.3 Å². The van der Waals surface area contributed by atoms with Crippen LogP contribution >= 0.6 is 11.6 Å². The van der Waals surface area contributed by atoms with E-state index in [1.807, 2.05) is 0 Å². The Morgan fingerprint density at radius 1 is 1.33 bits per heavy atom. The molecule has 0 aliphatic rings. The zero-order valence-electron chi connectivity index (χ0n) is 8.65. The van der Waals surface area contributed by atoms with E-state index in [1.54, 1.807) is 0 Å². The van der Waals surface area contributed by atoms with Gasteiger partial charge >= 0.3 is 6.18 Å². The number of aldehydes is 1. The van der Waals surface area contributed by atoms with Crippen LogP contribution in [0.3, 0.4) is 0 Å². The summed E-state index contributed by atoms with van der Waals surface area (Å²) in [6.45, 7) is 0. The maximum atomic E-state index is 12.5. The molecule has 1 aromatic carbocycles. The second kappa shape index (κ2) is 4.41. The Bertz CT molecular complexity index is 594. The fraction of sp³-hybridized carbons (Fsp3) is 0.100. The van der Waals surface area contributed by atoms with Gasteiger partial charge in [0, 0.05) is 0 Å². The molecule has 0 N–H and O–H groups in total. The molecule has 8 heteroatoms. The van der Waals surface area contributed by atoms with E-state index in [9.17, 15) is 18.0 Å². The van der Waals surface area contributed by atoms with Gasteiger partial charge in [-0.1, -0.05) is 16.8 Å². The van der Waals surface area contributed by atoms with Crippen molar-refractivity contribution in [1.82, 2.24) is 15.0 Å². The number of carbonyl (C=O) groups is 1. The second-order valence-electron chi connectivity index (χ2n) is 3.37. The number of benzene rings is 1. The Morgan fingerprint density at radius 2 is 2.06 bits per heavy atom. The number of rotatable bonds is 2. The highest BCUT2D eigenvalue weighted by Gasteiger charge is 2.31. The van der Waals surface area contributed by atoms with Crippen LogP contribution in [0.4, 0.5) is 13.2 Å². The molecular weight excluding hydrogens is 271 g/mol. The molecule has 0 saturated heterocycles. The highest BCUT2D eigenvalue weighted by molar-refractivity contribution is 6.32. The first-order valence-corrected chi connectivity index (χ1v) is 5.04. The van der Waals surface area contributed by atoms with Gasteiger partial charge in [-0.3, -0.25) is 4.79 Å². The standard InChI is InChI=1S/C10H5ClF3N3O/c11-8-2-1-6(10(12,13)14)3-9(8)17-4-7(5-18)15-16-17/h1-5H. The van der Waals surface area contributed by atoms with Gasteiger partial charge < -0.3 is 0 Å². The van der Waals surface area contributed by atoms with Crippen molar-refractivity contribution in [2.75, 3.05) is 0 Å². The van der Waals surface area contributed by atoms with E-state index in [2.05, 4.69) is 10.3 Å². The quantitative estimate of drug-likeness (QED) is 0.792. The van der Waals surface area contributed by atoms with Gasteiger partial charge in [-0.2, -0.15) is 13.2 Å². The van der Waals surface area contributed by atoms with Crippen LogP contribution in [0.25, 0.3) is 5.69 Å². The fourth-order valence-electron chi connectivity index (χ4n) is 1.31. The number of alkyl halides is 3. The van der Waals surface area contributed by atoms with E-state index >= 15 is 0 Å². The van der Waals surface area contributed by atoms with Crippen LogP contribution in [0.5, 0.6) is 0 Å². The summed E-state index contributed by atoms with van der Waals surface area (Å²) in [6.07, 6.45) is -2.85. The lowest BCUT2D eigenvalue weighted by molar-refractivity contribution is -0.137. The number of hydrogen-bond acceptors (Lipinski definition) is 3. The normalized spacial score (nSPS) is 11.6. The SMILES string of the molecule is O=Cc1cn(-c2cc(C(F)(F)F)ccc2Cl)nn1. The minimum Gasteiger partial charge on any atom is -0.296 e. The number of nitrogens with zero attached hydrogens (tertiary/aromatic N) is 3. The second-order valence-corrected chi connectivity index (χ2v) is 3.78. The summed E-state index contributed by atoms with van der Waals surface area (Å²) in [5.74, 6) is 0. The number of carbonyl (C=O) groups excluding carboxylic acids is 1. The maximum absolute atomic E-state index is 12.5. The van der Waals surface area contributed by atoms with Gasteiger partial charge in [0.05, 0.1) is 22.5 Å². The van der Waals surface area contributed by atoms with E-state index in [0.717, 1.165) is 22.9 Å². The van der Waals surface area contributed by atoms with Crippen molar-refractivity contribution in [3.63, 3.8) is 0 Å². The van der Waals surface area contributed by atoms with Gasteiger partial charge in [-0.05, 0) is 18.2 Å². The van der Waals surface area contributed by atoms with Crippen molar-refractivity contribution in [2.24, 2.45) is 0 Å². The zero-order chi connectivity index (χ0) is 13.3. The molecule has 0 radical (unpaired) electrons. The van der Waals surface area contributed by atoms with Crippen LogP contribution in [0.2, 0.25) is 5.02 Å². The lowest BCUT2D eigenvalue weighted by atomic mass is 10.2. The molecular formula is C10H5ClF3N3O. The third-order valence-electron chi connectivity index (χ3n) is 2.15. The molecule has 0 amide bonds. The van der Waals surface area contributed by atoms with Crippen LogP contribution < -0.4 is 0 Å². The Hall–Kier alpha value is -1.89. The van der Waals surface area contributed by atoms with Gasteiger partial charge in [-0.25, -0.2) is 4.68 Å². The van der Waals surface area contributed by atoms with Gasteiger partial charge in [0.1, 0.15) is 5.69 Å². The van der Waals surface area contributed by atoms with Gasteiger partial charge in [-0.15, -0.1) is 5.10 Å². The minimum absolute atomic E-state index is 0.00322. The Morgan fingerprint density at radius 3 is 2.61 bits per heavy atom. The molecule has 0 fully saturated rings. The zero-order valence-corrected chi connectivity index (χ0v) is 9.40. The van der Waals surface area contributed by atoms with Crippen LogP contribution in [0.1, 0.15) is 16.1 Å². The summed E-state index contributed by atoms with van der Waals surface area (Å²) in [7, 11) is 0. The van der Waals surface area contributed by atoms with E-state index in [1.165, 1.54) is 6.20 Å². The summed E-state index contributed by atoms with van der Waals surface area (Å²) in [5, 5.41) is 7.05. The molecule has 0 saturated carbocycles. The predicted molar refractivity (Wildman–Crippen MR) is 56.8 cm³/mol. The topological polar surface area (TPSA) is 47.8 Å². The molecule has 2 rings (SSSR count). The lowest BCUT2D eigenvalue weighted by Gasteiger charge is -2.09. The molecule has 1 heterocycles. The van der Waals surface area contributed by atoms with Crippen LogP contribution in [-0.2, 0) is 6.18 Å². The molecule has 18 heavy (non-hydrogen) atoms. The lowest BCUT2D eigenvalue weighted by Crippen LogP contribution is -2.06. The Balaban J connectivity index is 2.52. The molecule has 0 unspecified atom stereocenters. The average molecular weight is 276 g/mol. The summed E-state index contributed by atoms with van der Waals surface area (Å²) in [5.41, 5.74) is -0.847. The minimum atomic E-state index is -4.48. The van der Waals surface area contributed by atoms with E-state index in [4.69, 9.17) is 11.6 Å². The van der Waals surface area contributed by atoms with Gasteiger partial charge in [0.25, 0.3) is 0 Å². The smallest absolute Gasteiger partial charge is 0.296 e. The van der Waals surface area contributed by atoms with Crippen molar-refractivity contribution >= 4 is 17.9 Å². The van der Waals surface area contributed by atoms with Crippen LogP contribution in [0.15, 0.2) is 24.4 Å². The molecule has 4 nitrogen and oxygen atoms in total. The summed E-state index contributed by atoms with van der Waals surface area (Å²) in [6, 6.07) is 2.82. The van der Waals surface area contributed by atoms with Gasteiger partial charge in [0.15, 0.2) is 6.29 Å². The molecule has 2 aromatic rings. The highest BCUT2D eigenvalue weighted by Crippen LogP contribution is 2.32. The first-order valence-electron chi connectivity index (χ1n) is 4.66. The Labute approximate surface area is 104 Å². The molecule has 0 atom stereocenters. The molecule has 0 aliphatic carbocycles. The highest BCUT2D eigenvalue weighted by atomic mass is 35.5. The number of hydrogen-bond donors (Lipinski definition) is 0. The summed E-state index contributed by atoms with van der Waals surface area (Å²) >= 11 is 5.79. The van der Waals surface area contributed by atoms with E-state index < -0.39 is 11.7 Å². The van der Waals surface area contributed by atoms with Crippen molar-refractivity contribution in [1.29, 1.82) is 0 Å². The summed E-state index contributed by atoms with van der Waals surface area (Å²) in [4.78, 5) is 10.4. The predicted octanol–water partition coefficient (Wildman–Crippen LogP) is 2.75. The maximum Gasteiger partial charge on any atom is 0.416 e. The molecule has 0 aliphatic heterocycles. The third kappa shape index (κ3) is 2.35. The van der Waals surface area contributed by atoms with E-state index in [-0.39, 0.29) is 16.4 Å². The number of aromatic nitrogens is 3. The van der Waals surface area contributed by atoms with Crippen molar-refractivity contribution in [3.05, 3.63) is 40.7 Å². The van der Waals surface area contributed by atoms with E-state index in [0.29, 0.717) is 6.29 Å². The van der Waals surface area contributed by atoms with Crippen molar-refractivity contribution in [2.45, 2.75) is 6.18 Å². The van der Waals surface area contributed by atoms with Crippen LogP contribution in [0, 0.1) is 0 Å². The Kier molecular flexibility index (Phi) is 3.08. The molecule has 1 aromatic heterocycles. The number of halogens is 4. The average Bonchev–Trinajstić information content (AvgIpc) is 2.76. The first-order chi connectivity index (χ1) is 8.41. The first kappa shape index (κ1) is 12.6. The fourth-order valence-corrected chi connectivity index (χ4v) is 1.52. The van der Waals surface area contributed by atoms with Crippen molar-refractivity contribution < 1.29 is 18.0 Å². The largest absolute Gasteiger partial charge is 0.416 e. The monoisotopic (exact) mass is 275 g/mol. The van der Waals surface area contributed by atoms with Crippen molar-refractivity contribution in [3.8, 4) is 5.69 Å². The summed E-state index contributed by atoms with van der Waals surface area (Å²) < 4.78 is 38.6. The molecule has 94 valence electrons.